The number of rotatable bonds is 9. The summed E-state index contributed by atoms with van der Waals surface area (Å²) in [6.45, 7) is 4.43. The van der Waals surface area contributed by atoms with E-state index in [0.29, 0.717) is 24.6 Å². The first-order chi connectivity index (χ1) is 16.5. The number of nitrogens with zero attached hydrogens (tertiary/aromatic N) is 1. The summed E-state index contributed by atoms with van der Waals surface area (Å²) in [5.74, 6) is 1.47. The maximum atomic E-state index is 12.9. The third kappa shape index (κ3) is 7.05. The van der Waals surface area contributed by atoms with Crippen molar-refractivity contribution >= 4 is 23.2 Å². The molecule has 0 bridgehead atoms. The first kappa shape index (κ1) is 24.7. The SMILES string of the molecule is Cc1cc(C)cc(OCc2nc(C(=O)N[C@@H]3CCCC[C@@H]3NC(=O)CCC3CCCC3)cs2)c1. The van der Waals surface area contributed by atoms with E-state index in [0.717, 1.165) is 54.0 Å². The van der Waals surface area contributed by atoms with Crippen molar-refractivity contribution in [3.05, 3.63) is 45.4 Å². The fraction of sp³-hybridized carbons (Fsp3) is 0.593. The Morgan fingerprint density at radius 3 is 2.32 bits per heavy atom. The minimum absolute atomic E-state index is 0.000206. The summed E-state index contributed by atoms with van der Waals surface area (Å²) in [5, 5.41) is 8.90. The molecule has 0 radical (unpaired) electrons. The number of nitrogens with one attached hydrogen (secondary N) is 2. The first-order valence-electron chi connectivity index (χ1n) is 12.7. The van der Waals surface area contributed by atoms with Crippen molar-refractivity contribution in [1.29, 1.82) is 0 Å². The minimum Gasteiger partial charge on any atom is -0.486 e. The summed E-state index contributed by atoms with van der Waals surface area (Å²) >= 11 is 1.43. The van der Waals surface area contributed by atoms with Gasteiger partial charge in [0, 0.05) is 23.9 Å². The Kier molecular flexibility index (Phi) is 8.59. The smallest absolute Gasteiger partial charge is 0.271 e. The van der Waals surface area contributed by atoms with Gasteiger partial charge in [-0.2, -0.15) is 0 Å². The van der Waals surface area contributed by atoms with E-state index in [-0.39, 0.29) is 23.9 Å². The highest BCUT2D eigenvalue weighted by molar-refractivity contribution is 7.09. The number of carbonyl (C=O) groups excluding carboxylic acids is 2. The Bertz CT molecular complexity index is 963. The van der Waals surface area contributed by atoms with Crippen LogP contribution in [0.2, 0.25) is 0 Å². The summed E-state index contributed by atoms with van der Waals surface area (Å²) in [5.41, 5.74) is 2.73. The zero-order chi connectivity index (χ0) is 23.9. The minimum atomic E-state index is -0.175. The van der Waals surface area contributed by atoms with Crippen LogP contribution in [0.25, 0.3) is 0 Å². The number of thiazole rings is 1. The highest BCUT2D eigenvalue weighted by Crippen LogP contribution is 2.28. The molecule has 1 aromatic heterocycles. The van der Waals surface area contributed by atoms with Crippen molar-refractivity contribution in [3.63, 3.8) is 0 Å². The van der Waals surface area contributed by atoms with Gasteiger partial charge in [0.2, 0.25) is 5.91 Å². The lowest BCUT2D eigenvalue weighted by molar-refractivity contribution is -0.122. The molecule has 7 heteroatoms. The van der Waals surface area contributed by atoms with Gasteiger partial charge in [-0.25, -0.2) is 4.98 Å². The van der Waals surface area contributed by atoms with E-state index in [1.165, 1.54) is 37.0 Å². The molecule has 2 aromatic rings. The van der Waals surface area contributed by atoms with Gasteiger partial charge in [0.05, 0.1) is 0 Å². The fourth-order valence-corrected chi connectivity index (χ4v) is 5.96. The number of aryl methyl sites for hydroxylation is 2. The Balaban J connectivity index is 1.27. The van der Waals surface area contributed by atoms with Crippen LogP contribution < -0.4 is 15.4 Å². The number of ether oxygens (including phenoxy) is 1. The molecule has 2 N–H and O–H groups in total. The molecule has 2 aliphatic rings. The largest absolute Gasteiger partial charge is 0.486 e. The summed E-state index contributed by atoms with van der Waals surface area (Å²) in [6, 6.07) is 6.06. The van der Waals surface area contributed by atoms with Crippen LogP contribution >= 0.6 is 11.3 Å². The molecule has 1 heterocycles. The quantitative estimate of drug-likeness (QED) is 0.496. The zero-order valence-electron chi connectivity index (χ0n) is 20.4. The molecular weight excluding hydrogens is 446 g/mol. The second-order valence-electron chi connectivity index (χ2n) is 9.97. The number of carbonyl (C=O) groups is 2. The summed E-state index contributed by atoms with van der Waals surface area (Å²) < 4.78 is 5.89. The van der Waals surface area contributed by atoms with Crippen LogP contribution in [0.15, 0.2) is 23.6 Å². The number of benzene rings is 1. The molecule has 6 nitrogen and oxygen atoms in total. The number of aromatic nitrogens is 1. The molecule has 0 unspecified atom stereocenters. The van der Waals surface area contributed by atoms with Crippen LogP contribution in [-0.4, -0.2) is 28.9 Å². The van der Waals surface area contributed by atoms with Crippen LogP contribution in [-0.2, 0) is 11.4 Å². The molecule has 34 heavy (non-hydrogen) atoms. The summed E-state index contributed by atoms with van der Waals surface area (Å²) in [4.78, 5) is 29.9. The zero-order valence-corrected chi connectivity index (χ0v) is 21.2. The van der Waals surface area contributed by atoms with Crippen LogP contribution in [0, 0.1) is 19.8 Å². The molecule has 2 saturated carbocycles. The second-order valence-corrected chi connectivity index (χ2v) is 10.9. The van der Waals surface area contributed by atoms with Gasteiger partial charge >= 0.3 is 0 Å². The third-order valence-corrected chi connectivity index (χ3v) is 7.85. The van der Waals surface area contributed by atoms with Crippen molar-refractivity contribution in [2.24, 2.45) is 5.92 Å². The van der Waals surface area contributed by atoms with Crippen molar-refractivity contribution in [2.75, 3.05) is 0 Å². The second kappa shape index (κ2) is 11.8. The lowest BCUT2D eigenvalue weighted by atomic mass is 9.90. The number of hydrogen-bond donors (Lipinski definition) is 2. The molecule has 0 spiro atoms. The van der Waals surface area contributed by atoms with Gasteiger partial charge in [0.25, 0.3) is 5.91 Å². The van der Waals surface area contributed by atoms with E-state index in [4.69, 9.17) is 4.74 Å². The van der Waals surface area contributed by atoms with Gasteiger partial charge in [0.15, 0.2) is 0 Å². The standard InChI is InChI=1S/C27H37N3O3S/c1-18-13-19(2)15-21(14-18)33-16-26-29-24(17-34-26)27(32)30-23-10-6-5-9-22(23)28-25(31)12-11-20-7-3-4-8-20/h13-15,17,20,22-23H,3-12,16H2,1-2H3,(H,28,31)(H,30,32)/t22-,23+/m0/s1. The first-order valence-corrected chi connectivity index (χ1v) is 13.6. The maximum Gasteiger partial charge on any atom is 0.271 e. The molecule has 2 atom stereocenters. The van der Waals surface area contributed by atoms with Crippen molar-refractivity contribution in [2.45, 2.75) is 96.7 Å². The molecule has 184 valence electrons. The molecule has 2 aliphatic carbocycles. The monoisotopic (exact) mass is 483 g/mol. The van der Waals surface area contributed by atoms with Gasteiger partial charge in [0.1, 0.15) is 23.1 Å². The van der Waals surface area contributed by atoms with E-state index < -0.39 is 0 Å². The van der Waals surface area contributed by atoms with E-state index >= 15 is 0 Å². The van der Waals surface area contributed by atoms with Crippen LogP contribution in [0.1, 0.15) is 90.8 Å². The number of hydrogen-bond acceptors (Lipinski definition) is 5. The van der Waals surface area contributed by atoms with Gasteiger partial charge in [-0.3, -0.25) is 9.59 Å². The lowest BCUT2D eigenvalue weighted by Gasteiger charge is -2.32. The predicted molar refractivity (Wildman–Crippen MR) is 135 cm³/mol. The normalized spacial score (nSPS) is 20.8. The fourth-order valence-electron chi connectivity index (χ4n) is 5.27. The maximum absolute atomic E-state index is 12.9. The lowest BCUT2D eigenvalue weighted by Crippen LogP contribution is -2.53. The van der Waals surface area contributed by atoms with Crippen molar-refractivity contribution < 1.29 is 14.3 Å². The highest BCUT2D eigenvalue weighted by Gasteiger charge is 2.29. The van der Waals surface area contributed by atoms with E-state index in [1.54, 1.807) is 5.38 Å². The average Bonchev–Trinajstić information content (AvgIpc) is 3.49. The van der Waals surface area contributed by atoms with E-state index in [2.05, 4.69) is 21.7 Å². The topological polar surface area (TPSA) is 80.3 Å². The van der Waals surface area contributed by atoms with Gasteiger partial charge in [-0.05, 0) is 62.3 Å². The molecule has 4 rings (SSSR count). The Labute approximate surface area is 206 Å². The van der Waals surface area contributed by atoms with Crippen molar-refractivity contribution in [1.82, 2.24) is 15.6 Å². The molecule has 0 aliphatic heterocycles. The summed E-state index contributed by atoms with van der Waals surface area (Å²) in [6.07, 6.45) is 10.7. The number of amides is 2. The van der Waals surface area contributed by atoms with Gasteiger partial charge < -0.3 is 15.4 Å². The van der Waals surface area contributed by atoms with Gasteiger partial charge in [-0.15, -0.1) is 11.3 Å². The van der Waals surface area contributed by atoms with Crippen LogP contribution in [0.5, 0.6) is 5.75 Å². The third-order valence-electron chi connectivity index (χ3n) is 7.03. The van der Waals surface area contributed by atoms with E-state index in [1.807, 2.05) is 26.0 Å². The molecular formula is C27H37N3O3S. The molecule has 0 saturated heterocycles. The highest BCUT2D eigenvalue weighted by atomic mass is 32.1. The van der Waals surface area contributed by atoms with Gasteiger partial charge in [-0.1, -0.05) is 44.6 Å². The molecule has 1 aromatic carbocycles. The van der Waals surface area contributed by atoms with Crippen LogP contribution in [0.4, 0.5) is 0 Å². The van der Waals surface area contributed by atoms with E-state index in [9.17, 15) is 9.59 Å². The molecule has 2 amide bonds. The average molecular weight is 484 g/mol. The Morgan fingerprint density at radius 2 is 1.62 bits per heavy atom. The Morgan fingerprint density at radius 1 is 0.971 bits per heavy atom. The van der Waals surface area contributed by atoms with Crippen molar-refractivity contribution in [3.8, 4) is 5.75 Å². The summed E-state index contributed by atoms with van der Waals surface area (Å²) in [7, 11) is 0. The Hall–Kier alpha value is -2.41. The van der Waals surface area contributed by atoms with Crippen LogP contribution in [0.3, 0.4) is 0 Å². The predicted octanol–water partition coefficient (Wildman–Crippen LogP) is 5.47. The molecule has 2 fully saturated rings.